The lowest BCUT2D eigenvalue weighted by Crippen LogP contribution is -2.63. The second kappa shape index (κ2) is 8.71. The Bertz CT molecular complexity index is 872. The van der Waals surface area contributed by atoms with Crippen LogP contribution in [0.4, 0.5) is 4.39 Å². The van der Waals surface area contributed by atoms with E-state index in [-0.39, 0.29) is 25.1 Å². The average molecular weight is 400 g/mol. The molecule has 0 aliphatic carbocycles. The Morgan fingerprint density at radius 2 is 1.86 bits per heavy atom. The molecule has 1 saturated heterocycles. The van der Waals surface area contributed by atoms with Crippen LogP contribution in [0.15, 0.2) is 54.6 Å². The average Bonchev–Trinajstić information content (AvgIpc) is 2.70. The Kier molecular flexibility index (Phi) is 6.30. The first kappa shape index (κ1) is 21.0. The highest BCUT2D eigenvalue weighted by atomic mass is 19.1. The van der Waals surface area contributed by atoms with Gasteiger partial charge in [-0.1, -0.05) is 42.5 Å². The van der Waals surface area contributed by atoms with Gasteiger partial charge in [-0.2, -0.15) is 0 Å². The zero-order valence-corrected chi connectivity index (χ0v) is 16.5. The smallest absolute Gasteiger partial charge is 0.257 e. The molecule has 3 rings (SSSR count). The highest BCUT2D eigenvalue weighted by Crippen LogP contribution is 2.38. The number of hydrogen-bond donors (Lipinski definition) is 2. The minimum absolute atomic E-state index is 0.0445. The molecule has 6 nitrogen and oxygen atoms in total. The van der Waals surface area contributed by atoms with Gasteiger partial charge in [0.05, 0.1) is 23.2 Å². The molecule has 1 fully saturated rings. The third kappa shape index (κ3) is 4.46. The van der Waals surface area contributed by atoms with E-state index in [1.807, 2.05) is 30.3 Å². The highest BCUT2D eigenvalue weighted by molar-refractivity contribution is 5.95. The summed E-state index contributed by atoms with van der Waals surface area (Å²) in [5, 5.41) is 13.8. The first-order valence-corrected chi connectivity index (χ1v) is 9.46. The molecule has 29 heavy (non-hydrogen) atoms. The van der Waals surface area contributed by atoms with Crippen LogP contribution in [0.3, 0.4) is 0 Å². The maximum Gasteiger partial charge on any atom is 0.257 e. The molecule has 0 saturated carbocycles. The molecule has 0 spiro atoms. The molecule has 2 aromatic rings. The summed E-state index contributed by atoms with van der Waals surface area (Å²) in [6.45, 7) is 1.68. The molecular weight excluding hydrogens is 375 g/mol. The van der Waals surface area contributed by atoms with Gasteiger partial charge in [-0.15, -0.1) is 0 Å². The van der Waals surface area contributed by atoms with Crippen LogP contribution in [0.2, 0.25) is 0 Å². The van der Waals surface area contributed by atoms with E-state index < -0.39 is 35.3 Å². The van der Waals surface area contributed by atoms with Crippen LogP contribution in [-0.2, 0) is 9.53 Å². The minimum atomic E-state index is -1.27. The number of carbonyl (C=O) groups is 2. The fourth-order valence-corrected chi connectivity index (χ4v) is 3.78. The van der Waals surface area contributed by atoms with E-state index in [0.717, 1.165) is 5.56 Å². The van der Waals surface area contributed by atoms with Gasteiger partial charge in [0.15, 0.2) is 0 Å². The van der Waals surface area contributed by atoms with E-state index in [9.17, 15) is 19.1 Å². The molecule has 2 amide bonds. The maximum absolute atomic E-state index is 14.3. The second-order valence-corrected chi connectivity index (χ2v) is 7.42. The van der Waals surface area contributed by atoms with Gasteiger partial charge in [0.25, 0.3) is 5.91 Å². The van der Waals surface area contributed by atoms with Crippen LogP contribution in [0, 0.1) is 5.82 Å². The van der Waals surface area contributed by atoms with Crippen LogP contribution in [0.5, 0.6) is 0 Å². The van der Waals surface area contributed by atoms with Gasteiger partial charge >= 0.3 is 0 Å². The van der Waals surface area contributed by atoms with Crippen LogP contribution in [0.1, 0.15) is 35.3 Å². The summed E-state index contributed by atoms with van der Waals surface area (Å²) in [4.78, 5) is 27.0. The number of methoxy groups -OCH3 is 1. The summed E-state index contributed by atoms with van der Waals surface area (Å²) >= 11 is 0. The van der Waals surface area contributed by atoms with E-state index in [0.29, 0.717) is 0 Å². The largest absolute Gasteiger partial charge is 0.388 e. The summed E-state index contributed by atoms with van der Waals surface area (Å²) in [5.41, 5.74) is -0.576. The lowest BCUT2D eigenvalue weighted by Gasteiger charge is -2.49. The number of nitrogens with one attached hydrogen (secondary N) is 1. The number of nitrogens with zero attached hydrogens (tertiary/aromatic N) is 1. The quantitative estimate of drug-likeness (QED) is 0.807. The molecule has 154 valence electrons. The molecule has 3 atom stereocenters. The summed E-state index contributed by atoms with van der Waals surface area (Å²) < 4.78 is 19.2. The lowest BCUT2D eigenvalue weighted by atomic mass is 9.79. The standard InChI is InChI=1S/C22H25FN2O4/c1-22(28)12-13-25(21(27)16-10-6-7-11-17(16)23)19(15-8-4-3-5-9-15)20(22)24-18(26)14-29-2/h3-11,19-20,28H,12-14H2,1-2H3,(H,24,26)/t19-,20-,22+/m0/s1. The number of aliphatic hydroxyl groups is 1. The number of benzene rings is 2. The van der Waals surface area contributed by atoms with Gasteiger partial charge < -0.3 is 20.1 Å². The second-order valence-electron chi connectivity index (χ2n) is 7.42. The predicted molar refractivity (Wildman–Crippen MR) is 106 cm³/mol. The van der Waals surface area contributed by atoms with Crippen molar-refractivity contribution in [3.8, 4) is 0 Å². The van der Waals surface area contributed by atoms with Crippen molar-refractivity contribution in [2.75, 3.05) is 20.3 Å². The number of ether oxygens (including phenoxy) is 1. The summed E-state index contributed by atoms with van der Waals surface area (Å²) in [6, 6.07) is 13.5. The predicted octanol–water partition coefficient (Wildman–Crippen LogP) is 2.30. The molecule has 7 heteroatoms. The molecule has 1 heterocycles. The van der Waals surface area contributed by atoms with Crippen molar-refractivity contribution >= 4 is 11.8 Å². The van der Waals surface area contributed by atoms with Crippen molar-refractivity contribution in [3.63, 3.8) is 0 Å². The van der Waals surface area contributed by atoms with Gasteiger partial charge in [0.2, 0.25) is 5.91 Å². The first-order chi connectivity index (χ1) is 13.8. The maximum atomic E-state index is 14.3. The first-order valence-electron chi connectivity index (χ1n) is 9.46. The van der Waals surface area contributed by atoms with Crippen LogP contribution in [0.25, 0.3) is 0 Å². The monoisotopic (exact) mass is 400 g/mol. The van der Waals surface area contributed by atoms with Crippen molar-refractivity contribution in [2.45, 2.75) is 31.0 Å². The van der Waals surface area contributed by atoms with Gasteiger partial charge in [-0.25, -0.2) is 4.39 Å². The number of halogens is 1. The van der Waals surface area contributed by atoms with Crippen molar-refractivity contribution < 1.29 is 23.8 Å². The number of rotatable bonds is 5. The number of carbonyl (C=O) groups excluding carboxylic acids is 2. The van der Waals surface area contributed by atoms with Crippen LogP contribution < -0.4 is 5.32 Å². The normalized spacial score (nSPS) is 24.2. The number of likely N-dealkylation sites (tertiary alicyclic amines) is 1. The van der Waals surface area contributed by atoms with Crippen LogP contribution >= 0.6 is 0 Å². The van der Waals surface area contributed by atoms with Crippen molar-refractivity contribution in [1.29, 1.82) is 0 Å². The fraction of sp³-hybridized carbons (Fsp3) is 0.364. The molecule has 0 bridgehead atoms. The SMILES string of the molecule is COCC(=O)N[C@H]1[C@H](c2ccccc2)N(C(=O)c2ccccc2F)CC[C@@]1(C)O. The Hall–Kier alpha value is -2.77. The molecule has 1 aliphatic rings. The van der Waals surface area contributed by atoms with Gasteiger partial charge in [-0.05, 0) is 31.0 Å². The van der Waals surface area contributed by atoms with Crippen molar-refractivity contribution in [1.82, 2.24) is 10.2 Å². The Morgan fingerprint density at radius 1 is 1.21 bits per heavy atom. The van der Waals surface area contributed by atoms with Crippen molar-refractivity contribution in [2.24, 2.45) is 0 Å². The van der Waals surface area contributed by atoms with Gasteiger partial charge in [0.1, 0.15) is 12.4 Å². The fourth-order valence-electron chi connectivity index (χ4n) is 3.78. The van der Waals surface area contributed by atoms with E-state index in [1.54, 1.807) is 13.0 Å². The molecule has 2 N–H and O–H groups in total. The van der Waals surface area contributed by atoms with Crippen LogP contribution in [-0.4, -0.2) is 53.7 Å². The van der Waals surface area contributed by atoms with E-state index in [4.69, 9.17) is 4.74 Å². The summed E-state index contributed by atoms with van der Waals surface area (Å²) in [6.07, 6.45) is 0.231. The van der Waals surface area contributed by atoms with Crippen molar-refractivity contribution in [3.05, 3.63) is 71.5 Å². The third-order valence-corrected chi connectivity index (χ3v) is 5.28. The topological polar surface area (TPSA) is 78.9 Å². The third-order valence-electron chi connectivity index (χ3n) is 5.28. The number of piperidine rings is 1. The highest BCUT2D eigenvalue weighted by Gasteiger charge is 2.48. The zero-order valence-electron chi connectivity index (χ0n) is 16.5. The number of amides is 2. The Morgan fingerprint density at radius 3 is 2.52 bits per heavy atom. The molecule has 2 aromatic carbocycles. The molecule has 0 radical (unpaired) electrons. The molecule has 0 unspecified atom stereocenters. The summed E-state index contributed by atoms with van der Waals surface area (Å²) in [5.74, 6) is -1.50. The van der Waals surface area contributed by atoms with Gasteiger partial charge in [-0.3, -0.25) is 9.59 Å². The lowest BCUT2D eigenvalue weighted by molar-refractivity contribution is -0.131. The summed E-state index contributed by atoms with van der Waals surface area (Å²) in [7, 11) is 1.40. The minimum Gasteiger partial charge on any atom is -0.388 e. The van der Waals surface area contributed by atoms with E-state index >= 15 is 0 Å². The van der Waals surface area contributed by atoms with E-state index in [2.05, 4.69) is 5.32 Å². The number of hydrogen-bond acceptors (Lipinski definition) is 4. The zero-order chi connectivity index (χ0) is 21.0. The molecule has 0 aromatic heterocycles. The van der Waals surface area contributed by atoms with Gasteiger partial charge in [0, 0.05) is 13.7 Å². The van der Waals surface area contributed by atoms with E-state index in [1.165, 1.54) is 30.2 Å². The Labute approximate surface area is 169 Å². The molecule has 1 aliphatic heterocycles. The Balaban J connectivity index is 2.04. The molecular formula is C22H25FN2O4.